The van der Waals surface area contributed by atoms with Gasteiger partial charge in [-0.15, -0.1) is 0 Å². The second-order valence-corrected chi connectivity index (χ2v) is 4.37. The molecule has 0 spiro atoms. The summed E-state index contributed by atoms with van der Waals surface area (Å²) in [7, 11) is 2.25. The van der Waals surface area contributed by atoms with Gasteiger partial charge in [0.25, 0.3) is 0 Å². The van der Waals surface area contributed by atoms with Gasteiger partial charge in [-0.1, -0.05) is 70.1 Å². The van der Waals surface area contributed by atoms with Gasteiger partial charge in [0.05, 0.1) is 0 Å². The quantitative estimate of drug-likeness (QED) is 0.662. The van der Waals surface area contributed by atoms with Crippen LogP contribution in [0, 0.1) is 20.8 Å². The van der Waals surface area contributed by atoms with Crippen molar-refractivity contribution < 1.29 is 0 Å². The normalized spacial score (nSPS) is 10.2. The van der Waals surface area contributed by atoms with Gasteiger partial charge in [0.1, 0.15) is 0 Å². The monoisotopic (exact) mass is 207 g/mol. The molecule has 0 aromatic heterocycles. The van der Waals surface area contributed by atoms with E-state index in [-0.39, 0.29) is 0 Å². The van der Waals surface area contributed by atoms with E-state index in [2.05, 4.69) is 64.4 Å². The third kappa shape index (κ3) is 2.36. The zero-order valence-corrected chi connectivity index (χ0v) is 10.1. The first-order valence-electron chi connectivity index (χ1n) is 5.64. The van der Waals surface area contributed by atoms with E-state index in [1.807, 2.05) is 6.07 Å². The standard InChI is InChI=1S/C15H16B/c1-11-9-12(2)15(13(3)10-11)16-14-7-5-4-6-8-14/h4-10H,1-3H3. The molecule has 0 heterocycles. The van der Waals surface area contributed by atoms with Crippen molar-refractivity contribution in [3.8, 4) is 0 Å². The van der Waals surface area contributed by atoms with E-state index in [1.54, 1.807) is 0 Å². The molecule has 0 saturated carbocycles. The molecule has 0 bridgehead atoms. The number of rotatable bonds is 2. The first-order chi connectivity index (χ1) is 7.66. The van der Waals surface area contributed by atoms with Crippen molar-refractivity contribution >= 4 is 18.2 Å². The number of hydrogen-bond acceptors (Lipinski definition) is 0. The van der Waals surface area contributed by atoms with Crippen molar-refractivity contribution in [2.45, 2.75) is 20.8 Å². The maximum atomic E-state index is 2.25. The van der Waals surface area contributed by atoms with Crippen LogP contribution in [-0.4, -0.2) is 7.28 Å². The molecule has 0 N–H and O–H groups in total. The Morgan fingerprint density at radius 1 is 0.812 bits per heavy atom. The van der Waals surface area contributed by atoms with Crippen molar-refractivity contribution in [1.29, 1.82) is 0 Å². The van der Waals surface area contributed by atoms with Crippen LogP contribution in [0.2, 0.25) is 0 Å². The molecule has 0 aliphatic rings. The van der Waals surface area contributed by atoms with E-state index in [9.17, 15) is 0 Å². The summed E-state index contributed by atoms with van der Waals surface area (Å²) in [6, 6.07) is 14.9. The average molecular weight is 207 g/mol. The van der Waals surface area contributed by atoms with Crippen LogP contribution in [0.3, 0.4) is 0 Å². The van der Waals surface area contributed by atoms with Gasteiger partial charge >= 0.3 is 0 Å². The zero-order valence-electron chi connectivity index (χ0n) is 10.1. The average Bonchev–Trinajstić information content (AvgIpc) is 2.25. The molecule has 2 rings (SSSR count). The molecule has 0 saturated heterocycles. The molecule has 0 aliphatic carbocycles. The summed E-state index contributed by atoms with van der Waals surface area (Å²) in [4.78, 5) is 0. The Bertz CT molecular complexity index is 463. The summed E-state index contributed by atoms with van der Waals surface area (Å²) in [6.07, 6.45) is 0. The van der Waals surface area contributed by atoms with Gasteiger partial charge in [-0.25, -0.2) is 0 Å². The summed E-state index contributed by atoms with van der Waals surface area (Å²) in [5, 5.41) is 0. The van der Waals surface area contributed by atoms with Crippen LogP contribution < -0.4 is 10.9 Å². The van der Waals surface area contributed by atoms with E-state index in [0.717, 1.165) is 0 Å². The van der Waals surface area contributed by atoms with Crippen LogP contribution in [0.15, 0.2) is 42.5 Å². The first-order valence-corrected chi connectivity index (χ1v) is 5.64. The van der Waals surface area contributed by atoms with Gasteiger partial charge in [0.15, 0.2) is 7.28 Å². The van der Waals surface area contributed by atoms with Crippen molar-refractivity contribution in [3.05, 3.63) is 59.2 Å². The molecule has 0 amide bonds. The van der Waals surface area contributed by atoms with Crippen LogP contribution in [0.1, 0.15) is 16.7 Å². The number of aryl methyl sites for hydroxylation is 3. The molecule has 16 heavy (non-hydrogen) atoms. The second kappa shape index (κ2) is 4.57. The van der Waals surface area contributed by atoms with E-state index in [0.29, 0.717) is 0 Å². The second-order valence-electron chi connectivity index (χ2n) is 4.37. The van der Waals surface area contributed by atoms with Gasteiger partial charge in [-0.3, -0.25) is 0 Å². The summed E-state index contributed by atoms with van der Waals surface area (Å²) in [5.74, 6) is 0. The molecule has 0 aliphatic heterocycles. The minimum Gasteiger partial charge on any atom is -0.0814 e. The largest absolute Gasteiger partial charge is 0.192 e. The van der Waals surface area contributed by atoms with E-state index in [4.69, 9.17) is 0 Å². The highest BCUT2D eigenvalue weighted by atomic mass is 14.0. The van der Waals surface area contributed by atoms with Gasteiger partial charge in [0, 0.05) is 0 Å². The van der Waals surface area contributed by atoms with Crippen molar-refractivity contribution in [2.75, 3.05) is 0 Å². The molecular formula is C15H16B. The molecule has 0 fully saturated rings. The van der Waals surface area contributed by atoms with Crippen molar-refractivity contribution in [2.24, 2.45) is 0 Å². The lowest BCUT2D eigenvalue weighted by atomic mass is 9.61. The molecule has 0 unspecified atom stereocenters. The Morgan fingerprint density at radius 3 is 1.94 bits per heavy atom. The highest BCUT2D eigenvalue weighted by molar-refractivity contribution is 6.68. The summed E-state index contributed by atoms with van der Waals surface area (Å²) < 4.78 is 0. The van der Waals surface area contributed by atoms with Gasteiger partial charge in [-0.05, 0) is 20.8 Å². The molecular weight excluding hydrogens is 191 g/mol. The summed E-state index contributed by atoms with van der Waals surface area (Å²) in [6.45, 7) is 6.50. The SMILES string of the molecule is Cc1cc(C)c([B]c2ccccc2)c(C)c1. The minimum atomic E-state index is 1.26. The lowest BCUT2D eigenvalue weighted by Crippen LogP contribution is -2.31. The van der Waals surface area contributed by atoms with E-state index >= 15 is 0 Å². The fourth-order valence-corrected chi connectivity index (χ4v) is 2.13. The smallest absolute Gasteiger partial charge is 0.0814 e. The van der Waals surface area contributed by atoms with Crippen LogP contribution in [-0.2, 0) is 0 Å². The molecule has 2 aromatic rings. The molecule has 79 valence electrons. The Labute approximate surface area is 98.6 Å². The molecule has 0 atom stereocenters. The fraction of sp³-hybridized carbons (Fsp3) is 0.200. The molecule has 1 heteroatoms. The third-order valence-electron chi connectivity index (χ3n) is 2.85. The predicted octanol–water partition coefficient (Wildman–Crippen LogP) is 2.27. The van der Waals surface area contributed by atoms with Gasteiger partial charge in [-0.2, -0.15) is 0 Å². The molecule has 1 radical (unpaired) electrons. The van der Waals surface area contributed by atoms with Crippen LogP contribution in [0.5, 0.6) is 0 Å². The highest BCUT2D eigenvalue weighted by Gasteiger charge is 2.05. The number of benzene rings is 2. The molecule has 2 aromatic carbocycles. The molecule has 0 nitrogen and oxygen atoms in total. The van der Waals surface area contributed by atoms with Crippen LogP contribution in [0.25, 0.3) is 0 Å². The fourth-order valence-electron chi connectivity index (χ4n) is 2.13. The maximum Gasteiger partial charge on any atom is 0.192 e. The van der Waals surface area contributed by atoms with Gasteiger partial charge < -0.3 is 0 Å². The maximum absolute atomic E-state index is 2.25. The van der Waals surface area contributed by atoms with E-state index < -0.39 is 0 Å². The Morgan fingerprint density at radius 2 is 1.38 bits per heavy atom. The zero-order chi connectivity index (χ0) is 11.5. The van der Waals surface area contributed by atoms with Crippen LogP contribution in [0.4, 0.5) is 0 Å². The first kappa shape index (κ1) is 11.0. The van der Waals surface area contributed by atoms with Crippen molar-refractivity contribution in [3.63, 3.8) is 0 Å². The van der Waals surface area contributed by atoms with Crippen LogP contribution >= 0.6 is 0 Å². The lowest BCUT2D eigenvalue weighted by Gasteiger charge is -2.10. The van der Waals surface area contributed by atoms with E-state index in [1.165, 1.54) is 27.6 Å². The van der Waals surface area contributed by atoms with Crippen molar-refractivity contribution in [1.82, 2.24) is 0 Å². The minimum absolute atomic E-state index is 1.26. The predicted molar refractivity (Wildman–Crippen MR) is 72.1 cm³/mol. The summed E-state index contributed by atoms with van der Waals surface area (Å²) in [5.41, 5.74) is 6.64. The third-order valence-corrected chi connectivity index (χ3v) is 2.85. The Kier molecular flexibility index (Phi) is 3.14. The Hall–Kier alpha value is -1.50. The lowest BCUT2D eigenvalue weighted by molar-refractivity contribution is 1.35. The number of hydrogen-bond donors (Lipinski definition) is 0. The summed E-state index contributed by atoms with van der Waals surface area (Å²) >= 11 is 0. The highest BCUT2D eigenvalue weighted by Crippen LogP contribution is 2.04. The Balaban J connectivity index is 2.35. The topological polar surface area (TPSA) is 0 Å². The van der Waals surface area contributed by atoms with Gasteiger partial charge in [0.2, 0.25) is 0 Å².